The van der Waals surface area contributed by atoms with Crippen LogP contribution in [-0.4, -0.2) is 28.3 Å². The highest BCUT2D eigenvalue weighted by Gasteiger charge is 1.99. The molecule has 0 aliphatic rings. The molecule has 1 aromatic heterocycles. The molecule has 1 N–H and O–H groups in total. The number of nitrogens with zero attached hydrogens (tertiary/aromatic N) is 2. The summed E-state index contributed by atoms with van der Waals surface area (Å²) >= 11 is 5.68. The lowest BCUT2D eigenvalue weighted by molar-refractivity contribution is 0.229. The number of hydrogen-bond acceptors (Lipinski definition) is 4. The monoisotopic (exact) mass is 202 g/mol. The molecule has 0 saturated carbocycles. The van der Waals surface area contributed by atoms with Crippen LogP contribution >= 0.6 is 11.6 Å². The lowest BCUT2D eigenvalue weighted by Gasteiger charge is -2.04. The van der Waals surface area contributed by atoms with Crippen molar-refractivity contribution in [2.45, 2.75) is 13.3 Å². The second-order valence-electron chi connectivity index (χ2n) is 2.50. The van der Waals surface area contributed by atoms with Crippen molar-refractivity contribution >= 4 is 11.6 Å². The summed E-state index contributed by atoms with van der Waals surface area (Å²) in [7, 11) is 0. The molecule has 0 aliphatic carbocycles. The third-order valence-electron chi connectivity index (χ3n) is 1.34. The summed E-state index contributed by atoms with van der Waals surface area (Å²) in [6.07, 6.45) is 0.584. The van der Waals surface area contributed by atoms with Gasteiger partial charge in [0, 0.05) is 19.1 Å². The summed E-state index contributed by atoms with van der Waals surface area (Å²) in [5.74, 6) is 1.03. The van der Waals surface area contributed by atoms with Gasteiger partial charge in [0.25, 0.3) is 0 Å². The van der Waals surface area contributed by atoms with Crippen molar-refractivity contribution in [3.63, 3.8) is 0 Å². The number of aliphatic hydroxyl groups excluding tert-OH is 1. The highest BCUT2D eigenvalue weighted by molar-refractivity contribution is 6.29. The predicted molar refractivity (Wildman–Crippen MR) is 49.0 cm³/mol. The molecule has 13 heavy (non-hydrogen) atoms. The predicted octanol–water partition coefficient (Wildman–Crippen LogP) is 1.20. The Kier molecular flexibility index (Phi) is 3.92. The van der Waals surface area contributed by atoms with Crippen molar-refractivity contribution < 1.29 is 9.84 Å². The van der Waals surface area contributed by atoms with E-state index in [2.05, 4.69) is 9.97 Å². The van der Waals surface area contributed by atoms with Gasteiger partial charge in [0.2, 0.25) is 5.88 Å². The molecule has 1 aromatic rings. The molecule has 0 unspecified atom stereocenters. The number of rotatable bonds is 4. The Hall–Kier alpha value is -0.870. The van der Waals surface area contributed by atoms with Crippen molar-refractivity contribution in [2.24, 2.45) is 0 Å². The molecule has 5 heteroatoms. The first-order chi connectivity index (χ1) is 6.22. The molecule has 0 atom stereocenters. The standard InChI is InChI=1S/C8H11ClN2O2/c1-6-10-7(9)5-8(11-6)13-4-2-3-12/h5,12H,2-4H2,1H3. The zero-order valence-corrected chi connectivity index (χ0v) is 8.08. The quantitative estimate of drug-likeness (QED) is 0.589. The Morgan fingerprint density at radius 3 is 2.92 bits per heavy atom. The van der Waals surface area contributed by atoms with Gasteiger partial charge in [0.15, 0.2) is 0 Å². The zero-order valence-electron chi connectivity index (χ0n) is 7.33. The molecule has 0 bridgehead atoms. The Morgan fingerprint density at radius 1 is 1.54 bits per heavy atom. The van der Waals surface area contributed by atoms with Crippen molar-refractivity contribution in [3.05, 3.63) is 17.0 Å². The molecule has 0 amide bonds. The fourth-order valence-corrected chi connectivity index (χ4v) is 1.04. The molecule has 72 valence electrons. The minimum atomic E-state index is 0.109. The van der Waals surface area contributed by atoms with Crippen LogP contribution in [0.1, 0.15) is 12.2 Å². The Bertz CT molecular complexity index is 261. The van der Waals surface area contributed by atoms with Crippen LogP contribution in [0.5, 0.6) is 5.88 Å². The fraction of sp³-hybridized carbons (Fsp3) is 0.500. The highest BCUT2D eigenvalue weighted by atomic mass is 35.5. The van der Waals surface area contributed by atoms with Crippen LogP contribution in [0.2, 0.25) is 5.15 Å². The van der Waals surface area contributed by atoms with E-state index in [1.807, 2.05) is 0 Å². The molecule has 0 aromatic carbocycles. The van der Waals surface area contributed by atoms with E-state index >= 15 is 0 Å². The third-order valence-corrected chi connectivity index (χ3v) is 1.53. The van der Waals surface area contributed by atoms with E-state index in [1.54, 1.807) is 13.0 Å². The van der Waals surface area contributed by atoms with E-state index in [0.29, 0.717) is 29.9 Å². The maximum absolute atomic E-state index is 8.51. The van der Waals surface area contributed by atoms with Crippen LogP contribution in [0.15, 0.2) is 6.07 Å². The average Bonchev–Trinajstić information content (AvgIpc) is 2.03. The van der Waals surface area contributed by atoms with Gasteiger partial charge in [-0.3, -0.25) is 0 Å². The molecule has 0 radical (unpaired) electrons. The van der Waals surface area contributed by atoms with Crippen molar-refractivity contribution in [2.75, 3.05) is 13.2 Å². The Morgan fingerprint density at radius 2 is 2.31 bits per heavy atom. The minimum Gasteiger partial charge on any atom is -0.477 e. The van der Waals surface area contributed by atoms with E-state index in [-0.39, 0.29) is 6.61 Å². The molecular formula is C8H11ClN2O2. The summed E-state index contributed by atoms with van der Waals surface area (Å²) < 4.78 is 5.21. The number of aromatic nitrogens is 2. The van der Waals surface area contributed by atoms with E-state index in [4.69, 9.17) is 21.4 Å². The smallest absolute Gasteiger partial charge is 0.218 e. The van der Waals surface area contributed by atoms with Gasteiger partial charge in [-0.15, -0.1) is 0 Å². The van der Waals surface area contributed by atoms with Gasteiger partial charge in [-0.1, -0.05) is 11.6 Å². The molecule has 4 nitrogen and oxygen atoms in total. The molecule has 0 aliphatic heterocycles. The molecule has 0 spiro atoms. The van der Waals surface area contributed by atoms with Crippen LogP contribution in [-0.2, 0) is 0 Å². The summed E-state index contributed by atoms with van der Waals surface area (Å²) in [4.78, 5) is 7.89. The fourth-order valence-electron chi connectivity index (χ4n) is 0.821. The molecule has 1 rings (SSSR count). The first kappa shape index (κ1) is 10.2. The number of hydrogen-bond donors (Lipinski definition) is 1. The Labute approximate surface area is 81.5 Å². The van der Waals surface area contributed by atoms with E-state index in [9.17, 15) is 0 Å². The number of halogens is 1. The van der Waals surface area contributed by atoms with E-state index in [0.717, 1.165) is 0 Å². The number of aliphatic hydroxyl groups is 1. The first-order valence-electron chi connectivity index (χ1n) is 3.97. The van der Waals surface area contributed by atoms with Crippen molar-refractivity contribution in [1.29, 1.82) is 0 Å². The van der Waals surface area contributed by atoms with Gasteiger partial charge in [-0.05, 0) is 6.92 Å². The largest absolute Gasteiger partial charge is 0.477 e. The Balaban J connectivity index is 2.56. The summed E-state index contributed by atoms with van der Waals surface area (Å²) in [6.45, 7) is 2.28. The molecule has 0 fully saturated rings. The van der Waals surface area contributed by atoms with Crippen LogP contribution in [0.25, 0.3) is 0 Å². The highest BCUT2D eigenvalue weighted by Crippen LogP contribution is 2.13. The van der Waals surface area contributed by atoms with Gasteiger partial charge in [0.05, 0.1) is 6.61 Å². The van der Waals surface area contributed by atoms with Gasteiger partial charge in [-0.25, -0.2) is 4.98 Å². The van der Waals surface area contributed by atoms with Gasteiger partial charge >= 0.3 is 0 Å². The van der Waals surface area contributed by atoms with Crippen LogP contribution in [0.4, 0.5) is 0 Å². The zero-order chi connectivity index (χ0) is 9.68. The second kappa shape index (κ2) is 4.99. The second-order valence-corrected chi connectivity index (χ2v) is 2.89. The molecular weight excluding hydrogens is 192 g/mol. The topological polar surface area (TPSA) is 55.2 Å². The summed E-state index contributed by atoms with van der Waals surface area (Å²) in [5, 5.41) is 8.88. The van der Waals surface area contributed by atoms with Gasteiger partial charge < -0.3 is 9.84 Å². The van der Waals surface area contributed by atoms with Crippen LogP contribution in [0.3, 0.4) is 0 Å². The SMILES string of the molecule is Cc1nc(Cl)cc(OCCCO)n1. The normalized spacial score (nSPS) is 10.1. The maximum Gasteiger partial charge on any atom is 0.218 e. The molecule has 0 saturated heterocycles. The van der Waals surface area contributed by atoms with E-state index < -0.39 is 0 Å². The average molecular weight is 203 g/mol. The lowest BCUT2D eigenvalue weighted by atomic mass is 10.5. The summed E-state index contributed by atoms with van der Waals surface area (Å²) in [5.41, 5.74) is 0. The van der Waals surface area contributed by atoms with Crippen LogP contribution < -0.4 is 4.74 Å². The minimum absolute atomic E-state index is 0.109. The van der Waals surface area contributed by atoms with E-state index in [1.165, 1.54) is 0 Å². The number of aryl methyl sites for hydroxylation is 1. The van der Waals surface area contributed by atoms with Crippen molar-refractivity contribution in [3.8, 4) is 5.88 Å². The first-order valence-corrected chi connectivity index (χ1v) is 4.35. The summed E-state index contributed by atoms with van der Waals surface area (Å²) in [6, 6.07) is 1.55. The number of ether oxygens (including phenoxy) is 1. The van der Waals surface area contributed by atoms with Gasteiger partial charge in [-0.2, -0.15) is 4.98 Å². The van der Waals surface area contributed by atoms with Crippen molar-refractivity contribution in [1.82, 2.24) is 9.97 Å². The third kappa shape index (κ3) is 3.57. The maximum atomic E-state index is 8.51. The lowest BCUT2D eigenvalue weighted by Crippen LogP contribution is -2.02. The van der Waals surface area contributed by atoms with Gasteiger partial charge in [0.1, 0.15) is 11.0 Å². The molecule has 1 heterocycles. The van der Waals surface area contributed by atoms with Crippen LogP contribution in [0, 0.1) is 6.92 Å².